The van der Waals surface area contributed by atoms with Gasteiger partial charge >= 0.3 is 0 Å². The first-order valence-electron chi connectivity index (χ1n) is 8.77. The van der Waals surface area contributed by atoms with E-state index in [9.17, 15) is 23.3 Å². The van der Waals surface area contributed by atoms with Gasteiger partial charge in [-0.25, -0.2) is 8.42 Å². The number of nitro benzene ring substituents is 1. The molecule has 0 saturated carbocycles. The van der Waals surface area contributed by atoms with E-state index >= 15 is 0 Å². The normalized spacial score (nSPS) is 12.0. The molecule has 30 heavy (non-hydrogen) atoms. The van der Waals surface area contributed by atoms with Gasteiger partial charge < -0.3 is 14.8 Å². The van der Waals surface area contributed by atoms with Crippen LogP contribution in [0, 0.1) is 17.0 Å². The highest BCUT2D eigenvalue weighted by atomic mass is 32.2. The zero-order valence-corrected chi connectivity index (χ0v) is 18.0. The fraction of sp³-hybridized carbons (Fsp3) is 0.316. The maximum absolute atomic E-state index is 12.9. The predicted molar refractivity (Wildman–Crippen MR) is 113 cm³/mol. The van der Waals surface area contributed by atoms with Crippen LogP contribution < -0.4 is 19.1 Å². The second-order valence-corrected chi connectivity index (χ2v) is 8.38. The average Bonchev–Trinajstić information content (AvgIpc) is 2.68. The summed E-state index contributed by atoms with van der Waals surface area (Å²) in [5.74, 6) is 0.199. The molecule has 0 fully saturated rings. The monoisotopic (exact) mass is 437 g/mol. The fourth-order valence-corrected chi connectivity index (χ4v) is 4.09. The summed E-state index contributed by atoms with van der Waals surface area (Å²) in [7, 11) is -1.04. The van der Waals surface area contributed by atoms with E-state index < -0.39 is 26.9 Å². The van der Waals surface area contributed by atoms with E-state index in [4.69, 9.17) is 9.47 Å². The molecule has 2 rings (SSSR count). The van der Waals surface area contributed by atoms with Crippen molar-refractivity contribution in [1.29, 1.82) is 0 Å². The first-order chi connectivity index (χ1) is 14.0. The van der Waals surface area contributed by atoms with E-state index in [1.807, 2.05) is 0 Å². The Hall–Kier alpha value is -3.34. The highest BCUT2D eigenvalue weighted by Crippen LogP contribution is 2.32. The quantitative estimate of drug-likeness (QED) is 0.497. The van der Waals surface area contributed by atoms with Crippen molar-refractivity contribution in [2.45, 2.75) is 19.9 Å². The summed E-state index contributed by atoms with van der Waals surface area (Å²) in [4.78, 5) is 23.4. The zero-order valence-electron chi connectivity index (χ0n) is 17.2. The average molecular weight is 437 g/mol. The van der Waals surface area contributed by atoms with Crippen LogP contribution in [-0.4, -0.2) is 45.8 Å². The number of nitrogens with one attached hydrogen (secondary N) is 1. The van der Waals surface area contributed by atoms with Crippen molar-refractivity contribution in [2.75, 3.05) is 30.1 Å². The molecule has 162 valence electrons. The topological polar surface area (TPSA) is 128 Å². The molecule has 1 amide bonds. The molecule has 1 N–H and O–H groups in total. The van der Waals surface area contributed by atoms with E-state index in [0.717, 1.165) is 16.6 Å². The van der Waals surface area contributed by atoms with Crippen LogP contribution >= 0.6 is 0 Å². The van der Waals surface area contributed by atoms with Gasteiger partial charge in [0.15, 0.2) is 0 Å². The number of amides is 1. The highest BCUT2D eigenvalue weighted by Gasteiger charge is 2.31. The molecule has 1 atom stereocenters. The molecule has 2 aromatic rings. The van der Waals surface area contributed by atoms with Gasteiger partial charge in [-0.1, -0.05) is 6.07 Å². The number of benzene rings is 2. The molecule has 0 aliphatic rings. The van der Waals surface area contributed by atoms with Crippen LogP contribution in [0.3, 0.4) is 0 Å². The molecule has 1 unspecified atom stereocenters. The second-order valence-electron chi connectivity index (χ2n) is 6.52. The predicted octanol–water partition coefficient (Wildman–Crippen LogP) is 2.71. The molecular formula is C19H23N3O7S. The van der Waals surface area contributed by atoms with Crippen LogP contribution in [0.5, 0.6) is 11.5 Å². The smallest absolute Gasteiger partial charge is 0.271 e. The summed E-state index contributed by atoms with van der Waals surface area (Å²) in [5, 5.41) is 13.8. The van der Waals surface area contributed by atoms with Crippen molar-refractivity contribution in [3.05, 3.63) is 52.1 Å². The van der Waals surface area contributed by atoms with E-state index in [0.29, 0.717) is 22.7 Å². The van der Waals surface area contributed by atoms with Gasteiger partial charge in [0.05, 0.1) is 36.8 Å². The van der Waals surface area contributed by atoms with Gasteiger partial charge in [-0.15, -0.1) is 0 Å². The van der Waals surface area contributed by atoms with E-state index in [1.54, 1.807) is 25.1 Å². The number of carbonyl (C=O) groups excluding carboxylic acids is 1. The Morgan fingerprint density at radius 3 is 2.37 bits per heavy atom. The minimum absolute atomic E-state index is 0.0519. The Morgan fingerprint density at radius 1 is 1.17 bits per heavy atom. The lowest BCUT2D eigenvalue weighted by Gasteiger charge is -2.29. The zero-order chi connectivity index (χ0) is 22.6. The summed E-state index contributed by atoms with van der Waals surface area (Å²) in [5.41, 5.74) is 0.553. The number of nitro groups is 1. The molecule has 0 aliphatic carbocycles. The molecule has 0 aromatic heterocycles. The molecule has 0 aliphatic heterocycles. The van der Waals surface area contributed by atoms with Crippen molar-refractivity contribution in [3.63, 3.8) is 0 Å². The van der Waals surface area contributed by atoms with Gasteiger partial charge in [0.2, 0.25) is 15.9 Å². The van der Waals surface area contributed by atoms with Gasteiger partial charge in [0.1, 0.15) is 17.5 Å². The summed E-state index contributed by atoms with van der Waals surface area (Å²) in [6.07, 6.45) is 0.934. The Morgan fingerprint density at radius 2 is 1.83 bits per heavy atom. The third-order valence-corrected chi connectivity index (χ3v) is 5.62. The highest BCUT2D eigenvalue weighted by molar-refractivity contribution is 7.92. The Bertz CT molecular complexity index is 1070. The van der Waals surface area contributed by atoms with E-state index in [-0.39, 0.29) is 11.4 Å². The summed E-state index contributed by atoms with van der Waals surface area (Å²) >= 11 is 0. The molecule has 10 nitrogen and oxygen atoms in total. The fourth-order valence-electron chi connectivity index (χ4n) is 2.87. The number of rotatable bonds is 8. The standard InChI is InChI=1S/C19H23N3O7S/c1-12-6-7-14(22(24)25)10-17(12)21(30(5,26)27)13(2)19(23)20-16-9-8-15(28-3)11-18(16)29-4/h6-11,13H,1-5H3,(H,20,23). The van der Waals surface area contributed by atoms with Gasteiger partial charge in [-0.2, -0.15) is 0 Å². The lowest BCUT2D eigenvalue weighted by molar-refractivity contribution is -0.384. The number of aryl methyl sites for hydroxylation is 1. The molecule has 0 saturated heterocycles. The number of sulfonamides is 1. The van der Waals surface area contributed by atoms with Crippen molar-refractivity contribution in [1.82, 2.24) is 0 Å². The second kappa shape index (κ2) is 8.99. The number of carbonyl (C=O) groups is 1. The Labute approximate surface area is 174 Å². The Kier molecular flexibility index (Phi) is 6.88. The van der Waals surface area contributed by atoms with E-state index in [2.05, 4.69) is 5.32 Å². The van der Waals surface area contributed by atoms with Crippen LogP contribution in [0.2, 0.25) is 0 Å². The number of non-ortho nitro benzene ring substituents is 1. The molecule has 11 heteroatoms. The molecule has 0 radical (unpaired) electrons. The first-order valence-corrected chi connectivity index (χ1v) is 10.6. The summed E-state index contributed by atoms with van der Waals surface area (Å²) in [6.45, 7) is 3.00. The largest absolute Gasteiger partial charge is 0.497 e. The van der Waals surface area contributed by atoms with Crippen LogP contribution in [0.1, 0.15) is 12.5 Å². The first kappa shape index (κ1) is 22.9. The third-order valence-electron chi connectivity index (χ3n) is 4.40. The minimum atomic E-state index is -3.95. The molecule has 0 bridgehead atoms. The van der Waals surface area contributed by atoms with Crippen molar-refractivity contribution in [2.24, 2.45) is 0 Å². The number of nitrogens with zero attached hydrogens (tertiary/aromatic N) is 2. The maximum atomic E-state index is 12.9. The number of methoxy groups -OCH3 is 2. The number of anilines is 2. The SMILES string of the molecule is COc1ccc(NC(=O)C(C)N(c2cc([N+](=O)[O-])ccc2C)S(C)(=O)=O)c(OC)c1. The lowest BCUT2D eigenvalue weighted by Crippen LogP contribution is -2.45. The molecule has 0 spiro atoms. The summed E-state index contributed by atoms with van der Waals surface area (Å²) in [6, 6.07) is 7.38. The van der Waals surface area contributed by atoms with Crippen molar-refractivity contribution >= 4 is 33.0 Å². The van der Waals surface area contributed by atoms with Crippen LogP contribution in [0.4, 0.5) is 17.1 Å². The van der Waals surface area contributed by atoms with Gasteiger partial charge in [-0.3, -0.25) is 19.2 Å². The number of ether oxygens (including phenoxy) is 2. The number of hydrogen-bond acceptors (Lipinski definition) is 7. The maximum Gasteiger partial charge on any atom is 0.271 e. The van der Waals surface area contributed by atoms with Crippen LogP contribution in [0.15, 0.2) is 36.4 Å². The molecule has 2 aromatic carbocycles. The summed E-state index contributed by atoms with van der Waals surface area (Å²) < 4.78 is 36.2. The third kappa shape index (κ3) is 4.98. The van der Waals surface area contributed by atoms with Crippen LogP contribution in [-0.2, 0) is 14.8 Å². The van der Waals surface area contributed by atoms with Gasteiger partial charge in [0, 0.05) is 18.2 Å². The molecule has 0 heterocycles. The van der Waals surface area contributed by atoms with Gasteiger partial charge in [-0.05, 0) is 31.5 Å². The lowest BCUT2D eigenvalue weighted by atomic mass is 10.1. The van der Waals surface area contributed by atoms with Crippen molar-refractivity contribution < 1.29 is 27.6 Å². The minimum Gasteiger partial charge on any atom is -0.497 e. The number of hydrogen-bond donors (Lipinski definition) is 1. The van der Waals surface area contributed by atoms with Gasteiger partial charge in [0.25, 0.3) is 5.69 Å². The molecular weight excluding hydrogens is 414 g/mol. The Balaban J connectivity index is 2.44. The van der Waals surface area contributed by atoms with Crippen LogP contribution in [0.25, 0.3) is 0 Å². The van der Waals surface area contributed by atoms with E-state index in [1.165, 1.54) is 33.3 Å². The van der Waals surface area contributed by atoms with Crippen molar-refractivity contribution in [3.8, 4) is 11.5 Å².